The number of carbonyl (C=O) groups is 1. The number of rotatable bonds is 4. The van der Waals surface area contributed by atoms with Crippen molar-refractivity contribution in [2.75, 3.05) is 26.2 Å². The zero-order valence-electron chi connectivity index (χ0n) is 15.6. The molecule has 0 spiro atoms. The van der Waals surface area contributed by atoms with Gasteiger partial charge in [-0.05, 0) is 39.0 Å². The Morgan fingerprint density at radius 3 is 2.41 bits per heavy atom. The second-order valence-electron chi connectivity index (χ2n) is 6.52. The average molecular weight is 455 g/mol. The van der Waals surface area contributed by atoms with Crippen LogP contribution in [0.4, 0.5) is 0 Å². The van der Waals surface area contributed by atoms with Crippen LogP contribution in [0.2, 0.25) is 0 Å². The summed E-state index contributed by atoms with van der Waals surface area (Å²) in [6, 6.07) is 7.22. The fourth-order valence-electron chi connectivity index (χ4n) is 3.43. The Labute approximate surface area is 168 Å². The lowest BCUT2D eigenvalue weighted by Crippen LogP contribution is -2.50. The van der Waals surface area contributed by atoms with Crippen LogP contribution >= 0.6 is 15.9 Å². The third-order valence-electron chi connectivity index (χ3n) is 4.81. The smallest absolute Gasteiger partial charge is 0.253 e. The summed E-state index contributed by atoms with van der Waals surface area (Å²) < 4.78 is 30.2. The standard InChI is InChI=1S/C18H23BrN4O3S/c1-4-23-14(3)17(13(2)20-23)27(25,26)22-10-8-21(9-11-22)18(24)15-6-5-7-16(19)12-15/h5-7,12H,4,8-11H2,1-3H3. The highest BCUT2D eigenvalue weighted by molar-refractivity contribution is 9.10. The number of benzene rings is 1. The zero-order valence-corrected chi connectivity index (χ0v) is 18.0. The highest BCUT2D eigenvalue weighted by atomic mass is 79.9. The summed E-state index contributed by atoms with van der Waals surface area (Å²) in [4.78, 5) is 14.6. The summed E-state index contributed by atoms with van der Waals surface area (Å²) in [5.74, 6) is -0.0838. The molecule has 1 aliphatic heterocycles. The Kier molecular flexibility index (Phi) is 5.73. The monoisotopic (exact) mass is 454 g/mol. The fourth-order valence-corrected chi connectivity index (χ4v) is 5.62. The van der Waals surface area contributed by atoms with E-state index in [0.29, 0.717) is 36.6 Å². The Morgan fingerprint density at radius 1 is 1.19 bits per heavy atom. The largest absolute Gasteiger partial charge is 0.336 e. The number of hydrogen-bond acceptors (Lipinski definition) is 4. The first-order valence-electron chi connectivity index (χ1n) is 8.84. The summed E-state index contributed by atoms with van der Waals surface area (Å²) in [5.41, 5.74) is 1.77. The van der Waals surface area contributed by atoms with Crippen molar-refractivity contribution >= 4 is 31.9 Å². The van der Waals surface area contributed by atoms with Gasteiger partial charge in [0.25, 0.3) is 5.91 Å². The highest BCUT2D eigenvalue weighted by Gasteiger charge is 2.34. The summed E-state index contributed by atoms with van der Waals surface area (Å²) in [5, 5.41) is 4.32. The van der Waals surface area contributed by atoms with Crippen LogP contribution in [0, 0.1) is 13.8 Å². The molecule has 146 valence electrons. The quantitative estimate of drug-likeness (QED) is 0.710. The van der Waals surface area contributed by atoms with Gasteiger partial charge in [-0.2, -0.15) is 9.40 Å². The summed E-state index contributed by atoms with van der Waals surface area (Å²) >= 11 is 3.37. The number of carbonyl (C=O) groups excluding carboxylic acids is 1. The summed E-state index contributed by atoms with van der Waals surface area (Å²) in [6.07, 6.45) is 0. The van der Waals surface area contributed by atoms with Gasteiger partial charge in [-0.1, -0.05) is 22.0 Å². The van der Waals surface area contributed by atoms with Crippen molar-refractivity contribution in [1.82, 2.24) is 19.0 Å². The molecule has 1 aromatic carbocycles. The van der Waals surface area contributed by atoms with Crippen molar-refractivity contribution in [3.05, 3.63) is 45.7 Å². The van der Waals surface area contributed by atoms with E-state index in [1.54, 1.807) is 35.6 Å². The van der Waals surface area contributed by atoms with E-state index in [1.165, 1.54) is 4.31 Å². The van der Waals surface area contributed by atoms with Crippen molar-refractivity contribution < 1.29 is 13.2 Å². The van der Waals surface area contributed by atoms with Gasteiger partial charge in [0.05, 0.1) is 11.4 Å². The number of amides is 1. The Hall–Kier alpha value is -1.71. The number of sulfonamides is 1. The van der Waals surface area contributed by atoms with Gasteiger partial charge in [0.15, 0.2) is 0 Å². The van der Waals surface area contributed by atoms with Crippen LogP contribution in [0.15, 0.2) is 33.6 Å². The van der Waals surface area contributed by atoms with Crippen molar-refractivity contribution in [2.45, 2.75) is 32.2 Å². The molecule has 0 atom stereocenters. The molecule has 9 heteroatoms. The highest BCUT2D eigenvalue weighted by Crippen LogP contribution is 2.25. The molecular formula is C18H23BrN4O3S. The van der Waals surface area contributed by atoms with Gasteiger partial charge in [0, 0.05) is 42.8 Å². The molecule has 1 saturated heterocycles. The Morgan fingerprint density at radius 2 is 1.85 bits per heavy atom. The number of piperazine rings is 1. The van der Waals surface area contributed by atoms with Crippen LogP contribution in [0.3, 0.4) is 0 Å². The number of halogens is 1. The molecule has 2 heterocycles. The molecule has 27 heavy (non-hydrogen) atoms. The van der Waals surface area contributed by atoms with Gasteiger partial charge in [-0.15, -0.1) is 0 Å². The molecule has 1 amide bonds. The van der Waals surface area contributed by atoms with Gasteiger partial charge in [-0.25, -0.2) is 8.42 Å². The zero-order chi connectivity index (χ0) is 19.8. The van der Waals surface area contributed by atoms with E-state index in [1.807, 2.05) is 19.1 Å². The predicted octanol–water partition coefficient (Wildman–Crippen LogP) is 2.43. The maximum absolute atomic E-state index is 13.1. The molecule has 0 radical (unpaired) electrons. The van der Waals surface area contributed by atoms with Crippen molar-refractivity contribution in [3.8, 4) is 0 Å². The van der Waals surface area contributed by atoms with E-state index in [2.05, 4.69) is 21.0 Å². The van der Waals surface area contributed by atoms with Crippen LogP contribution in [0.25, 0.3) is 0 Å². The predicted molar refractivity (Wildman–Crippen MR) is 106 cm³/mol. The first-order chi connectivity index (χ1) is 12.8. The van der Waals surface area contributed by atoms with Gasteiger partial charge in [0.2, 0.25) is 10.0 Å². The molecule has 0 aliphatic carbocycles. The van der Waals surface area contributed by atoms with Crippen LogP contribution in [-0.4, -0.2) is 59.5 Å². The molecule has 0 N–H and O–H groups in total. The number of hydrogen-bond donors (Lipinski definition) is 0. The lowest BCUT2D eigenvalue weighted by Gasteiger charge is -2.34. The van der Waals surface area contributed by atoms with Gasteiger partial charge >= 0.3 is 0 Å². The normalized spacial score (nSPS) is 15.9. The topological polar surface area (TPSA) is 75.5 Å². The molecule has 7 nitrogen and oxygen atoms in total. The van der Waals surface area contributed by atoms with Gasteiger partial charge < -0.3 is 4.90 Å². The molecule has 1 fully saturated rings. The molecule has 0 bridgehead atoms. The molecule has 0 saturated carbocycles. The minimum Gasteiger partial charge on any atom is -0.336 e. The molecule has 2 aromatic rings. The molecular weight excluding hydrogens is 432 g/mol. The van der Waals surface area contributed by atoms with E-state index >= 15 is 0 Å². The summed E-state index contributed by atoms with van der Waals surface area (Å²) in [7, 11) is -3.63. The minimum atomic E-state index is -3.63. The second-order valence-corrected chi connectivity index (χ2v) is 9.31. The number of aromatic nitrogens is 2. The van der Waals surface area contributed by atoms with E-state index < -0.39 is 10.0 Å². The molecule has 0 unspecified atom stereocenters. The Balaban J connectivity index is 1.75. The molecule has 1 aliphatic rings. The van der Waals surface area contributed by atoms with Crippen molar-refractivity contribution in [2.24, 2.45) is 0 Å². The lowest BCUT2D eigenvalue weighted by atomic mass is 10.2. The van der Waals surface area contributed by atoms with E-state index in [4.69, 9.17) is 0 Å². The van der Waals surface area contributed by atoms with E-state index in [9.17, 15) is 13.2 Å². The third kappa shape index (κ3) is 3.81. The van der Waals surface area contributed by atoms with Crippen LogP contribution in [0.1, 0.15) is 28.7 Å². The van der Waals surface area contributed by atoms with Gasteiger partial charge in [0.1, 0.15) is 4.90 Å². The first kappa shape index (κ1) is 20.0. The van der Waals surface area contributed by atoms with Crippen LogP contribution in [0.5, 0.6) is 0 Å². The summed E-state index contributed by atoms with van der Waals surface area (Å²) in [6.45, 7) is 7.34. The molecule has 3 rings (SSSR count). The van der Waals surface area contributed by atoms with E-state index in [0.717, 1.165) is 4.47 Å². The van der Waals surface area contributed by atoms with Crippen molar-refractivity contribution in [1.29, 1.82) is 0 Å². The number of nitrogens with zero attached hydrogens (tertiary/aromatic N) is 4. The van der Waals surface area contributed by atoms with E-state index in [-0.39, 0.29) is 23.9 Å². The number of aryl methyl sites for hydroxylation is 2. The Bertz CT molecular complexity index is 963. The van der Waals surface area contributed by atoms with Crippen LogP contribution in [-0.2, 0) is 16.6 Å². The lowest BCUT2D eigenvalue weighted by molar-refractivity contribution is 0.0697. The van der Waals surface area contributed by atoms with Crippen LogP contribution < -0.4 is 0 Å². The maximum atomic E-state index is 13.1. The first-order valence-corrected chi connectivity index (χ1v) is 11.1. The fraction of sp³-hybridized carbons (Fsp3) is 0.444. The van der Waals surface area contributed by atoms with Gasteiger partial charge in [-0.3, -0.25) is 9.48 Å². The minimum absolute atomic E-state index is 0.0838. The average Bonchev–Trinajstić information content (AvgIpc) is 2.95. The molecule has 1 aromatic heterocycles. The maximum Gasteiger partial charge on any atom is 0.253 e. The third-order valence-corrected chi connectivity index (χ3v) is 7.45. The van der Waals surface area contributed by atoms with Crippen molar-refractivity contribution in [3.63, 3.8) is 0 Å². The second kappa shape index (κ2) is 7.73. The SMILES string of the molecule is CCn1nc(C)c(S(=O)(=O)N2CCN(C(=O)c3cccc(Br)c3)CC2)c1C.